The molecule has 4 heteroatoms. The molecule has 1 fully saturated rings. The first-order valence-electron chi connectivity index (χ1n) is 6.39. The number of amides is 1. The second kappa shape index (κ2) is 5.50. The highest BCUT2D eigenvalue weighted by Crippen LogP contribution is 2.25. The summed E-state index contributed by atoms with van der Waals surface area (Å²) in [4.78, 5) is 16.3. The number of nitrogens with two attached hydrogens (primary N) is 1. The highest BCUT2D eigenvalue weighted by atomic mass is 16.2. The molecule has 2 atom stereocenters. The molecule has 1 aliphatic rings. The maximum absolute atomic E-state index is 12.2. The first-order valence-corrected chi connectivity index (χ1v) is 6.39. The van der Waals surface area contributed by atoms with Crippen molar-refractivity contribution in [3.05, 3.63) is 35.9 Å². The molecule has 0 spiro atoms. The number of rotatable bonds is 2. The summed E-state index contributed by atoms with van der Waals surface area (Å²) < 4.78 is 0. The lowest BCUT2D eigenvalue weighted by Gasteiger charge is -2.41. The first kappa shape index (κ1) is 13.1. The molecule has 0 radical (unpaired) electrons. The summed E-state index contributed by atoms with van der Waals surface area (Å²) in [6, 6.07) is 9.85. The van der Waals surface area contributed by atoms with Gasteiger partial charge in [-0.1, -0.05) is 30.3 Å². The molecule has 18 heavy (non-hydrogen) atoms. The number of hydrogen-bond acceptors (Lipinski definition) is 3. The number of carbonyl (C=O) groups is 1. The molecule has 0 saturated carbocycles. The van der Waals surface area contributed by atoms with Crippen LogP contribution in [0, 0.1) is 0 Å². The molecule has 1 aromatic rings. The van der Waals surface area contributed by atoms with Crippen LogP contribution in [0.4, 0.5) is 0 Å². The lowest BCUT2D eigenvalue weighted by molar-refractivity contribution is -0.137. The Morgan fingerprint density at radius 3 is 2.61 bits per heavy atom. The van der Waals surface area contributed by atoms with Crippen LogP contribution in [0.1, 0.15) is 18.5 Å². The highest BCUT2D eigenvalue weighted by Gasteiger charge is 2.31. The SMILES string of the molecule is C[C@H](N)C(=O)N1CCN(C)C[C@H]1c1ccccc1. The maximum atomic E-state index is 12.2. The Morgan fingerprint density at radius 1 is 1.33 bits per heavy atom. The summed E-state index contributed by atoms with van der Waals surface area (Å²) in [5.41, 5.74) is 6.92. The first-order chi connectivity index (χ1) is 8.59. The number of carbonyl (C=O) groups excluding carboxylic acids is 1. The second-order valence-electron chi connectivity index (χ2n) is 5.01. The van der Waals surface area contributed by atoms with E-state index in [1.54, 1.807) is 6.92 Å². The van der Waals surface area contributed by atoms with E-state index in [9.17, 15) is 4.79 Å². The summed E-state index contributed by atoms with van der Waals surface area (Å²) in [5.74, 6) is 0.0388. The van der Waals surface area contributed by atoms with Crippen molar-refractivity contribution in [1.29, 1.82) is 0 Å². The van der Waals surface area contributed by atoms with E-state index in [1.165, 1.54) is 5.56 Å². The lowest BCUT2D eigenvalue weighted by Crippen LogP contribution is -2.53. The van der Waals surface area contributed by atoms with Crippen molar-refractivity contribution in [1.82, 2.24) is 9.80 Å². The predicted octanol–water partition coefficient (Wildman–Crippen LogP) is 0.849. The van der Waals surface area contributed by atoms with E-state index in [1.807, 2.05) is 23.1 Å². The second-order valence-corrected chi connectivity index (χ2v) is 5.01. The quantitative estimate of drug-likeness (QED) is 0.843. The van der Waals surface area contributed by atoms with E-state index in [0.29, 0.717) is 0 Å². The number of hydrogen-bond donors (Lipinski definition) is 1. The molecule has 0 bridgehead atoms. The van der Waals surface area contributed by atoms with Crippen LogP contribution in [0.3, 0.4) is 0 Å². The minimum absolute atomic E-state index is 0.0388. The maximum Gasteiger partial charge on any atom is 0.239 e. The topological polar surface area (TPSA) is 49.6 Å². The molecule has 2 rings (SSSR count). The fraction of sp³-hybridized carbons (Fsp3) is 0.500. The Labute approximate surface area is 108 Å². The Bertz CT molecular complexity index is 405. The summed E-state index contributed by atoms with van der Waals surface area (Å²) in [5, 5.41) is 0. The zero-order valence-corrected chi connectivity index (χ0v) is 11.0. The van der Waals surface area contributed by atoms with Gasteiger partial charge < -0.3 is 15.5 Å². The standard InChI is InChI=1S/C14H21N3O/c1-11(15)14(18)17-9-8-16(2)10-13(17)12-6-4-3-5-7-12/h3-7,11,13H,8-10,15H2,1-2H3/t11-,13-/m0/s1. The molecule has 1 aliphatic heterocycles. The van der Waals surface area contributed by atoms with Gasteiger partial charge >= 0.3 is 0 Å². The van der Waals surface area contributed by atoms with Crippen LogP contribution in [0.2, 0.25) is 0 Å². The zero-order valence-electron chi connectivity index (χ0n) is 11.0. The van der Waals surface area contributed by atoms with Gasteiger partial charge in [0.05, 0.1) is 12.1 Å². The number of piperazine rings is 1. The molecule has 2 N–H and O–H groups in total. The largest absolute Gasteiger partial charge is 0.332 e. The van der Waals surface area contributed by atoms with Crippen LogP contribution < -0.4 is 5.73 Å². The summed E-state index contributed by atoms with van der Waals surface area (Å²) in [6.45, 7) is 4.27. The Balaban J connectivity index is 2.24. The fourth-order valence-corrected chi connectivity index (χ4v) is 2.41. The molecule has 0 aromatic heterocycles. The van der Waals surface area contributed by atoms with Crippen molar-refractivity contribution in [2.45, 2.75) is 19.0 Å². The molecule has 1 heterocycles. The Morgan fingerprint density at radius 2 is 2.00 bits per heavy atom. The third-order valence-corrected chi connectivity index (χ3v) is 3.44. The van der Waals surface area contributed by atoms with Gasteiger partial charge in [0.15, 0.2) is 0 Å². The Kier molecular flexibility index (Phi) is 3.99. The molecule has 0 unspecified atom stereocenters. The predicted molar refractivity (Wildman–Crippen MR) is 72.0 cm³/mol. The van der Waals surface area contributed by atoms with E-state index in [4.69, 9.17) is 5.73 Å². The average Bonchev–Trinajstić information content (AvgIpc) is 2.39. The van der Waals surface area contributed by atoms with Gasteiger partial charge in [0.25, 0.3) is 0 Å². The van der Waals surface area contributed by atoms with Crippen molar-refractivity contribution in [3.8, 4) is 0 Å². The van der Waals surface area contributed by atoms with Crippen LogP contribution in [0.15, 0.2) is 30.3 Å². The zero-order chi connectivity index (χ0) is 13.1. The van der Waals surface area contributed by atoms with Gasteiger partial charge in [-0.05, 0) is 19.5 Å². The van der Waals surface area contributed by atoms with Gasteiger partial charge in [0.2, 0.25) is 5.91 Å². The van der Waals surface area contributed by atoms with Crippen LogP contribution in [0.5, 0.6) is 0 Å². The van der Waals surface area contributed by atoms with Crippen LogP contribution in [-0.2, 0) is 4.79 Å². The van der Waals surface area contributed by atoms with Gasteiger partial charge in [-0.15, -0.1) is 0 Å². The average molecular weight is 247 g/mol. The number of likely N-dealkylation sites (N-methyl/N-ethyl adjacent to an activating group) is 1. The molecule has 1 saturated heterocycles. The molecule has 1 amide bonds. The normalized spacial score (nSPS) is 22.8. The van der Waals surface area contributed by atoms with Crippen molar-refractivity contribution >= 4 is 5.91 Å². The molecule has 4 nitrogen and oxygen atoms in total. The third-order valence-electron chi connectivity index (χ3n) is 3.44. The van der Waals surface area contributed by atoms with Gasteiger partial charge in [-0.25, -0.2) is 0 Å². The Hall–Kier alpha value is -1.39. The van der Waals surface area contributed by atoms with E-state index in [2.05, 4.69) is 24.1 Å². The van der Waals surface area contributed by atoms with Crippen molar-refractivity contribution in [2.24, 2.45) is 5.73 Å². The molecule has 0 aliphatic carbocycles. The number of nitrogens with zero attached hydrogens (tertiary/aromatic N) is 2. The van der Waals surface area contributed by atoms with Crippen molar-refractivity contribution in [3.63, 3.8) is 0 Å². The van der Waals surface area contributed by atoms with E-state index < -0.39 is 6.04 Å². The van der Waals surface area contributed by atoms with E-state index in [0.717, 1.165) is 19.6 Å². The van der Waals surface area contributed by atoms with Gasteiger partial charge in [-0.3, -0.25) is 4.79 Å². The third kappa shape index (κ3) is 2.71. The van der Waals surface area contributed by atoms with Crippen LogP contribution in [0.25, 0.3) is 0 Å². The summed E-state index contributed by atoms with van der Waals surface area (Å²) in [7, 11) is 2.09. The number of benzene rings is 1. The van der Waals surface area contributed by atoms with Crippen LogP contribution >= 0.6 is 0 Å². The van der Waals surface area contributed by atoms with Gasteiger partial charge in [0.1, 0.15) is 0 Å². The smallest absolute Gasteiger partial charge is 0.239 e. The van der Waals surface area contributed by atoms with E-state index >= 15 is 0 Å². The van der Waals surface area contributed by atoms with Crippen molar-refractivity contribution < 1.29 is 4.79 Å². The minimum atomic E-state index is -0.431. The van der Waals surface area contributed by atoms with Gasteiger partial charge in [0, 0.05) is 19.6 Å². The highest BCUT2D eigenvalue weighted by molar-refractivity contribution is 5.81. The summed E-state index contributed by atoms with van der Waals surface area (Å²) >= 11 is 0. The van der Waals surface area contributed by atoms with E-state index in [-0.39, 0.29) is 11.9 Å². The minimum Gasteiger partial charge on any atom is -0.332 e. The molecular formula is C14H21N3O. The molecule has 98 valence electrons. The van der Waals surface area contributed by atoms with Crippen LogP contribution in [-0.4, -0.2) is 48.4 Å². The lowest BCUT2D eigenvalue weighted by atomic mass is 10.0. The fourth-order valence-electron chi connectivity index (χ4n) is 2.41. The molecular weight excluding hydrogens is 226 g/mol. The summed E-state index contributed by atoms with van der Waals surface area (Å²) in [6.07, 6.45) is 0. The monoisotopic (exact) mass is 247 g/mol. The van der Waals surface area contributed by atoms with Gasteiger partial charge in [-0.2, -0.15) is 0 Å². The molecule has 1 aromatic carbocycles. The van der Waals surface area contributed by atoms with Crippen molar-refractivity contribution in [2.75, 3.05) is 26.7 Å².